The van der Waals surface area contributed by atoms with E-state index in [0.717, 1.165) is 0 Å². The van der Waals surface area contributed by atoms with Gasteiger partial charge < -0.3 is 0 Å². The maximum absolute atomic E-state index is 2.32. The molecule has 0 saturated carbocycles. The Labute approximate surface area is 136 Å². The highest BCUT2D eigenvalue weighted by Crippen LogP contribution is 2.33. The molecule has 0 nitrogen and oxygen atoms in total. The Kier molecular flexibility index (Phi) is 4.55. The van der Waals surface area contributed by atoms with Crippen LogP contribution in [0.1, 0.15) is 33.0 Å². The number of allylic oxidation sites excluding steroid dienone is 1. The molecule has 0 aliphatic carbocycles. The number of rotatable bonds is 4. The first-order valence-corrected chi connectivity index (χ1v) is 8.46. The van der Waals surface area contributed by atoms with Crippen molar-refractivity contribution in [1.82, 2.24) is 0 Å². The molecule has 0 radical (unpaired) electrons. The smallest absolute Gasteiger partial charge is 0.0369 e. The molecule has 1 aromatic heterocycles. The van der Waals surface area contributed by atoms with Gasteiger partial charge in [0.15, 0.2) is 0 Å². The standard InChI is InChI=1S/C21H20S/c1-16-8-6-11-19(17(16)2)20(21-12-7-15-22-21)14-13-18-9-4-3-5-10-18/h3-15,20H,1-2H3. The van der Waals surface area contributed by atoms with Crippen LogP contribution in [0.15, 0.2) is 72.1 Å². The number of thiophene rings is 1. The fourth-order valence-electron chi connectivity index (χ4n) is 2.70. The Hall–Kier alpha value is -2.12. The molecule has 0 aliphatic heterocycles. The summed E-state index contributed by atoms with van der Waals surface area (Å²) in [6, 6.07) is 21.5. The predicted molar refractivity (Wildman–Crippen MR) is 97.6 cm³/mol. The first-order valence-electron chi connectivity index (χ1n) is 7.58. The zero-order valence-electron chi connectivity index (χ0n) is 13.0. The van der Waals surface area contributed by atoms with Gasteiger partial charge in [-0.05, 0) is 47.5 Å². The largest absolute Gasteiger partial charge is 0.148 e. The number of aryl methyl sites for hydroxylation is 1. The van der Waals surface area contributed by atoms with Crippen LogP contribution in [0.4, 0.5) is 0 Å². The van der Waals surface area contributed by atoms with Gasteiger partial charge in [-0.25, -0.2) is 0 Å². The lowest BCUT2D eigenvalue weighted by atomic mass is 9.90. The molecule has 1 heteroatoms. The van der Waals surface area contributed by atoms with E-state index < -0.39 is 0 Å². The molecule has 3 rings (SSSR count). The lowest BCUT2D eigenvalue weighted by molar-refractivity contribution is 1.03. The van der Waals surface area contributed by atoms with Crippen molar-refractivity contribution in [1.29, 1.82) is 0 Å². The molecule has 110 valence electrons. The van der Waals surface area contributed by atoms with E-state index in [1.165, 1.54) is 27.1 Å². The molecule has 1 unspecified atom stereocenters. The lowest BCUT2D eigenvalue weighted by Gasteiger charge is -2.16. The maximum atomic E-state index is 2.32. The second-order valence-corrected chi connectivity index (χ2v) is 6.53. The monoisotopic (exact) mass is 304 g/mol. The normalized spacial score (nSPS) is 12.6. The van der Waals surface area contributed by atoms with Gasteiger partial charge in [-0.3, -0.25) is 0 Å². The Balaban J connectivity index is 2.02. The van der Waals surface area contributed by atoms with Crippen molar-refractivity contribution in [3.63, 3.8) is 0 Å². The average Bonchev–Trinajstić information content (AvgIpc) is 3.07. The van der Waals surface area contributed by atoms with Crippen LogP contribution >= 0.6 is 11.3 Å². The van der Waals surface area contributed by atoms with Crippen molar-refractivity contribution in [3.8, 4) is 0 Å². The molecule has 1 heterocycles. The van der Waals surface area contributed by atoms with E-state index >= 15 is 0 Å². The molecule has 0 N–H and O–H groups in total. The Morgan fingerprint density at radius 2 is 1.68 bits per heavy atom. The van der Waals surface area contributed by atoms with Gasteiger partial charge in [-0.2, -0.15) is 0 Å². The summed E-state index contributed by atoms with van der Waals surface area (Å²) < 4.78 is 0. The molecule has 0 aliphatic rings. The number of hydrogen-bond acceptors (Lipinski definition) is 1. The van der Waals surface area contributed by atoms with Crippen molar-refractivity contribution in [3.05, 3.63) is 99.3 Å². The molecule has 0 fully saturated rings. The molecule has 0 bridgehead atoms. The third-order valence-electron chi connectivity index (χ3n) is 4.11. The summed E-state index contributed by atoms with van der Waals surface area (Å²) in [7, 11) is 0. The second-order valence-electron chi connectivity index (χ2n) is 5.55. The highest BCUT2D eigenvalue weighted by atomic mass is 32.1. The summed E-state index contributed by atoms with van der Waals surface area (Å²) in [4.78, 5) is 1.39. The van der Waals surface area contributed by atoms with Gasteiger partial charge >= 0.3 is 0 Å². The van der Waals surface area contributed by atoms with Crippen LogP contribution in [-0.2, 0) is 0 Å². The van der Waals surface area contributed by atoms with E-state index in [1.54, 1.807) is 0 Å². The summed E-state index contributed by atoms with van der Waals surface area (Å²) in [5.41, 5.74) is 5.38. The maximum Gasteiger partial charge on any atom is 0.0369 e. The van der Waals surface area contributed by atoms with Crippen molar-refractivity contribution in [2.75, 3.05) is 0 Å². The first-order chi connectivity index (χ1) is 10.8. The summed E-state index contributed by atoms with van der Waals surface area (Å²) in [6.07, 6.45) is 4.55. The van der Waals surface area contributed by atoms with Crippen LogP contribution in [0.3, 0.4) is 0 Å². The lowest BCUT2D eigenvalue weighted by Crippen LogP contribution is -1.99. The molecule has 1 atom stereocenters. The van der Waals surface area contributed by atoms with Gasteiger partial charge in [-0.15, -0.1) is 11.3 Å². The summed E-state index contributed by atoms with van der Waals surface area (Å²) in [6.45, 7) is 4.41. The number of hydrogen-bond donors (Lipinski definition) is 0. The molecule has 22 heavy (non-hydrogen) atoms. The summed E-state index contributed by atoms with van der Waals surface area (Å²) in [5.74, 6) is 0.320. The van der Waals surface area contributed by atoms with Crippen LogP contribution in [-0.4, -0.2) is 0 Å². The van der Waals surface area contributed by atoms with Crippen LogP contribution < -0.4 is 0 Å². The minimum Gasteiger partial charge on any atom is -0.148 e. The van der Waals surface area contributed by atoms with Gasteiger partial charge in [-0.1, -0.05) is 66.7 Å². The first kappa shape index (κ1) is 14.8. The van der Waals surface area contributed by atoms with Gasteiger partial charge in [0.05, 0.1) is 0 Å². The SMILES string of the molecule is Cc1cccc(C(C=Cc2ccccc2)c2cccs2)c1C. The number of benzene rings is 2. The predicted octanol–water partition coefficient (Wildman–Crippen LogP) is 6.21. The van der Waals surface area contributed by atoms with Crippen LogP contribution in [0, 0.1) is 13.8 Å². The average molecular weight is 304 g/mol. The summed E-state index contributed by atoms with van der Waals surface area (Å²) in [5, 5.41) is 2.16. The van der Waals surface area contributed by atoms with Crippen molar-refractivity contribution in [2.24, 2.45) is 0 Å². The highest BCUT2D eigenvalue weighted by Gasteiger charge is 2.15. The van der Waals surface area contributed by atoms with E-state index in [9.17, 15) is 0 Å². The van der Waals surface area contributed by atoms with Crippen LogP contribution in [0.25, 0.3) is 6.08 Å². The van der Waals surface area contributed by atoms with E-state index in [4.69, 9.17) is 0 Å². The van der Waals surface area contributed by atoms with Gasteiger partial charge in [0.25, 0.3) is 0 Å². The van der Waals surface area contributed by atoms with E-state index in [0.29, 0.717) is 5.92 Å². The molecular formula is C21H20S. The summed E-state index contributed by atoms with van der Waals surface area (Å²) >= 11 is 1.82. The van der Waals surface area contributed by atoms with Gasteiger partial charge in [0.2, 0.25) is 0 Å². The van der Waals surface area contributed by atoms with E-state index in [-0.39, 0.29) is 0 Å². The van der Waals surface area contributed by atoms with Crippen molar-refractivity contribution < 1.29 is 0 Å². The highest BCUT2D eigenvalue weighted by molar-refractivity contribution is 7.10. The van der Waals surface area contributed by atoms with Gasteiger partial charge in [0.1, 0.15) is 0 Å². The minimum absolute atomic E-state index is 0.320. The third-order valence-corrected chi connectivity index (χ3v) is 5.07. The van der Waals surface area contributed by atoms with Crippen molar-refractivity contribution >= 4 is 17.4 Å². The quantitative estimate of drug-likeness (QED) is 0.537. The van der Waals surface area contributed by atoms with Crippen LogP contribution in [0.2, 0.25) is 0 Å². The Morgan fingerprint density at radius 3 is 2.41 bits per heavy atom. The molecule has 3 aromatic rings. The zero-order chi connectivity index (χ0) is 15.4. The second kappa shape index (κ2) is 6.76. The zero-order valence-corrected chi connectivity index (χ0v) is 13.8. The fraction of sp³-hybridized carbons (Fsp3) is 0.143. The molecule has 0 saturated heterocycles. The van der Waals surface area contributed by atoms with Gasteiger partial charge in [0, 0.05) is 10.8 Å². The van der Waals surface area contributed by atoms with Crippen LogP contribution in [0.5, 0.6) is 0 Å². The Morgan fingerprint density at radius 1 is 0.864 bits per heavy atom. The van der Waals surface area contributed by atoms with E-state index in [1.807, 2.05) is 11.3 Å². The molecule has 2 aromatic carbocycles. The molecule has 0 spiro atoms. The fourth-order valence-corrected chi connectivity index (χ4v) is 3.53. The topological polar surface area (TPSA) is 0 Å². The minimum atomic E-state index is 0.320. The molecule has 0 amide bonds. The third kappa shape index (κ3) is 3.20. The Bertz CT molecular complexity index is 752. The van der Waals surface area contributed by atoms with E-state index in [2.05, 4.69) is 92.0 Å². The van der Waals surface area contributed by atoms with Crippen molar-refractivity contribution in [2.45, 2.75) is 19.8 Å². The molecular weight excluding hydrogens is 284 g/mol.